The van der Waals surface area contributed by atoms with Crippen LogP contribution in [0.2, 0.25) is 0 Å². The van der Waals surface area contributed by atoms with Gasteiger partial charge in [-0.3, -0.25) is 0 Å². The summed E-state index contributed by atoms with van der Waals surface area (Å²) in [6.45, 7) is 4.54. The summed E-state index contributed by atoms with van der Waals surface area (Å²) in [6.07, 6.45) is 0.588. The first-order valence-corrected chi connectivity index (χ1v) is 4.97. The molecule has 2 atom stereocenters. The number of hydrogen-bond donors (Lipinski definition) is 2. The van der Waals surface area contributed by atoms with E-state index in [1.54, 1.807) is 6.92 Å². The highest BCUT2D eigenvalue weighted by atomic mass is 16.8. The Morgan fingerprint density at radius 2 is 2.25 bits per heavy atom. The van der Waals surface area contributed by atoms with Gasteiger partial charge in [-0.25, -0.2) is 4.79 Å². The topological polar surface area (TPSA) is 85.2 Å². The van der Waals surface area contributed by atoms with E-state index in [0.29, 0.717) is 0 Å². The fraction of sp³-hybridized carbons (Fsp3) is 0.700. The SMILES string of the molecule is C=CCOCC1(CO)OC(=O)OC1(O)CC. The van der Waals surface area contributed by atoms with Crippen LogP contribution in [0, 0.1) is 0 Å². The summed E-state index contributed by atoms with van der Waals surface area (Å²) in [5.41, 5.74) is -1.57. The number of aliphatic hydroxyl groups excluding tert-OH is 1. The van der Waals surface area contributed by atoms with Crippen molar-refractivity contribution < 1.29 is 29.2 Å². The first-order valence-electron chi connectivity index (χ1n) is 4.97. The van der Waals surface area contributed by atoms with Crippen molar-refractivity contribution in [3.05, 3.63) is 12.7 Å². The molecule has 0 aromatic rings. The zero-order valence-electron chi connectivity index (χ0n) is 9.14. The molecule has 1 aliphatic heterocycles. The predicted octanol–water partition coefficient (Wildman–Crippen LogP) is 0.185. The van der Waals surface area contributed by atoms with Gasteiger partial charge in [-0.15, -0.1) is 6.58 Å². The van der Waals surface area contributed by atoms with Gasteiger partial charge in [0.1, 0.15) is 0 Å². The Kier molecular flexibility index (Phi) is 3.90. The maximum Gasteiger partial charge on any atom is 0.511 e. The lowest BCUT2D eigenvalue weighted by Crippen LogP contribution is -2.57. The van der Waals surface area contributed by atoms with E-state index in [4.69, 9.17) is 9.47 Å². The van der Waals surface area contributed by atoms with Crippen molar-refractivity contribution in [3.8, 4) is 0 Å². The Labute approximate surface area is 93.4 Å². The second-order valence-electron chi connectivity index (χ2n) is 3.55. The molecular formula is C10H16O6. The van der Waals surface area contributed by atoms with Crippen LogP contribution >= 0.6 is 0 Å². The minimum atomic E-state index is -1.86. The Bertz CT molecular complexity index is 278. The molecule has 16 heavy (non-hydrogen) atoms. The van der Waals surface area contributed by atoms with Crippen molar-refractivity contribution in [2.75, 3.05) is 19.8 Å². The zero-order chi connectivity index (χ0) is 12.2. The largest absolute Gasteiger partial charge is 0.511 e. The molecule has 2 N–H and O–H groups in total. The monoisotopic (exact) mass is 232 g/mol. The second kappa shape index (κ2) is 4.82. The molecular weight excluding hydrogens is 216 g/mol. The highest BCUT2D eigenvalue weighted by Gasteiger charge is 2.62. The molecule has 1 aliphatic rings. The van der Waals surface area contributed by atoms with E-state index in [-0.39, 0.29) is 19.6 Å². The molecule has 0 aromatic heterocycles. The molecule has 1 heterocycles. The average molecular weight is 232 g/mol. The number of aliphatic hydroxyl groups is 2. The summed E-state index contributed by atoms with van der Waals surface area (Å²) in [5.74, 6) is -1.86. The van der Waals surface area contributed by atoms with Gasteiger partial charge in [0.25, 0.3) is 5.79 Å². The van der Waals surface area contributed by atoms with Crippen LogP contribution in [0.15, 0.2) is 12.7 Å². The molecule has 0 saturated carbocycles. The summed E-state index contributed by atoms with van der Waals surface area (Å²) in [5, 5.41) is 19.3. The highest BCUT2D eigenvalue weighted by molar-refractivity contribution is 5.64. The van der Waals surface area contributed by atoms with Gasteiger partial charge in [0, 0.05) is 6.42 Å². The smallest absolute Gasteiger partial charge is 0.416 e. The predicted molar refractivity (Wildman–Crippen MR) is 53.6 cm³/mol. The summed E-state index contributed by atoms with van der Waals surface area (Å²) < 4.78 is 14.6. The lowest BCUT2D eigenvalue weighted by Gasteiger charge is -2.34. The standard InChI is InChI=1S/C10H16O6/c1-3-5-14-7-9(6-11)10(13,4-2)16-8(12)15-9/h3,11,13H,1,4-7H2,2H3. The summed E-state index contributed by atoms with van der Waals surface area (Å²) in [7, 11) is 0. The molecule has 92 valence electrons. The van der Waals surface area contributed by atoms with Gasteiger partial charge in [-0.2, -0.15) is 0 Å². The third-order valence-electron chi connectivity index (χ3n) is 2.55. The average Bonchev–Trinajstić information content (AvgIpc) is 2.52. The van der Waals surface area contributed by atoms with Gasteiger partial charge in [0.2, 0.25) is 5.60 Å². The number of hydrogen-bond acceptors (Lipinski definition) is 6. The molecule has 1 fully saturated rings. The normalized spacial score (nSPS) is 33.3. The van der Waals surface area contributed by atoms with Gasteiger partial charge in [-0.05, 0) is 0 Å². The van der Waals surface area contributed by atoms with Crippen molar-refractivity contribution in [1.82, 2.24) is 0 Å². The van der Waals surface area contributed by atoms with Gasteiger partial charge in [0.05, 0.1) is 19.8 Å². The maximum atomic E-state index is 11.0. The fourth-order valence-corrected chi connectivity index (χ4v) is 1.54. The van der Waals surface area contributed by atoms with Crippen LogP contribution in [-0.4, -0.2) is 47.6 Å². The van der Waals surface area contributed by atoms with E-state index in [0.717, 1.165) is 0 Å². The van der Waals surface area contributed by atoms with Crippen LogP contribution in [0.5, 0.6) is 0 Å². The first-order chi connectivity index (χ1) is 7.53. The molecule has 6 heteroatoms. The van der Waals surface area contributed by atoms with E-state index in [1.165, 1.54) is 6.08 Å². The molecule has 1 rings (SSSR count). The van der Waals surface area contributed by atoms with Crippen LogP contribution in [0.3, 0.4) is 0 Å². The minimum Gasteiger partial charge on any atom is -0.416 e. The van der Waals surface area contributed by atoms with E-state index in [9.17, 15) is 15.0 Å². The molecule has 2 unspecified atom stereocenters. The maximum absolute atomic E-state index is 11.0. The van der Waals surface area contributed by atoms with Crippen LogP contribution in [0.25, 0.3) is 0 Å². The summed E-state index contributed by atoms with van der Waals surface area (Å²) in [4.78, 5) is 11.0. The van der Waals surface area contributed by atoms with Gasteiger partial charge in [0.15, 0.2) is 0 Å². The molecule has 1 saturated heterocycles. The third kappa shape index (κ3) is 2.04. The molecule has 0 radical (unpaired) electrons. The van der Waals surface area contributed by atoms with Crippen molar-refractivity contribution in [2.24, 2.45) is 0 Å². The molecule has 6 nitrogen and oxygen atoms in total. The van der Waals surface area contributed by atoms with Crippen LogP contribution in [-0.2, 0) is 14.2 Å². The highest BCUT2D eigenvalue weighted by Crippen LogP contribution is 2.37. The van der Waals surface area contributed by atoms with Gasteiger partial charge in [-0.1, -0.05) is 13.0 Å². The Morgan fingerprint density at radius 3 is 2.75 bits per heavy atom. The van der Waals surface area contributed by atoms with Crippen LogP contribution in [0.4, 0.5) is 4.79 Å². The minimum absolute atomic E-state index is 0.0940. The summed E-state index contributed by atoms with van der Waals surface area (Å²) in [6, 6.07) is 0. The van der Waals surface area contributed by atoms with Crippen molar-refractivity contribution >= 4 is 6.16 Å². The number of ether oxygens (including phenoxy) is 3. The van der Waals surface area contributed by atoms with Crippen molar-refractivity contribution in [2.45, 2.75) is 24.7 Å². The molecule has 0 amide bonds. The fourth-order valence-electron chi connectivity index (χ4n) is 1.54. The van der Waals surface area contributed by atoms with E-state index in [1.807, 2.05) is 0 Å². The van der Waals surface area contributed by atoms with E-state index < -0.39 is 24.2 Å². The lowest BCUT2D eigenvalue weighted by atomic mass is 9.92. The second-order valence-corrected chi connectivity index (χ2v) is 3.55. The van der Waals surface area contributed by atoms with Crippen molar-refractivity contribution in [3.63, 3.8) is 0 Å². The van der Waals surface area contributed by atoms with Crippen molar-refractivity contribution in [1.29, 1.82) is 0 Å². The third-order valence-corrected chi connectivity index (χ3v) is 2.55. The first kappa shape index (κ1) is 13.0. The van der Waals surface area contributed by atoms with Crippen LogP contribution < -0.4 is 0 Å². The van der Waals surface area contributed by atoms with E-state index >= 15 is 0 Å². The summed E-state index contributed by atoms with van der Waals surface area (Å²) >= 11 is 0. The Hall–Kier alpha value is -1.11. The Morgan fingerprint density at radius 1 is 1.56 bits per heavy atom. The van der Waals surface area contributed by atoms with Gasteiger partial charge >= 0.3 is 6.16 Å². The molecule has 0 aromatic carbocycles. The lowest BCUT2D eigenvalue weighted by molar-refractivity contribution is -0.233. The number of carbonyl (C=O) groups excluding carboxylic acids is 1. The number of rotatable bonds is 6. The molecule has 0 bridgehead atoms. The van der Waals surface area contributed by atoms with Crippen LogP contribution in [0.1, 0.15) is 13.3 Å². The Balaban J connectivity index is 2.82. The quantitative estimate of drug-likeness (QED) is 0.386. The van der Waals surface area contributed by atoms with Gasteiger partial charge < -0.3 is 24.4 Å². The number of carbonyl (C=O) groups is 1. The molecule has 0 spiro atoms. The van der Waals surface area contributed by atoms with E-state index in [2.05, 4.69) is 11.3 Å². The number of cyclic esters (lactones) is 2. The zero-order valence-corrected chi connectivity index (χ0v) is 9.14. The molecule has 0 aliphatic carbocycles.